The molecule has 0 fully saturated rings. The third-order valence-corrected chi connectivity index (χ3v) is 4.62. The first-order valence-corrected chi connectivity index (χ1v) is 9.45. The number of benzene rings is 1. The Morgan fingerprint density at radius 3 is 2.50 bits per heavy atom. The third kappa shape index (κ3) is 4.42. The minimum absolute atomic E-state index is 0.0406. The maximum atomic E-state index is 12.0. The zero-order valence-corrected chi connectivity index (χ0v) is 16.0. The molecule has 2 aromatic heterocycles. The fraction of sp³-hybridized carbons (Fsp3) is 0.222. The first kappa shape index (κ1) is 18.4. The van der Waals surface area contributed by atoms with Crippen LogP contribution in [0, 0.1) is 0 Å². The third-order valence-electron chi connectivity index (χ3n) is 3.44. The fourth-order valence-corrected chi connectivity index (χ4v) is 3.26. The Kier molecular flexibility index (Phi) is 5.90. The normalized spacial score (nSPS) is 10.9. The number of halogens is 1. The smallest absolute Gasteiger partial charge is 0.230 e. The van der Waals surface area contributed by atoms with Gasteiger partial charge in [0.2, 0.25) is 5.91 Å². The highest BCUT2D eigenvalue weighted by atomic mass is 35.5. The first-order valence-electron chi connectivity index (χ1n) is 8.08. The molecule has 0 spiro atoms. The van der Waals surface area contributed by atoms with Gasteiger partial charge in [0.1, 0.15) is 0 Å². The molecule has 0 aliphatic rings. The summed E-state index contributed by atoms with van der Waals surface area (Å²) in [6.45, 7) is 3.86. The van der Waals surface area contributed by atoms with Crippen molar-refractivity contribution in [1.29, 1.82) is 0 Å². The second kappa shape index (κ2) is 8.33. The van der Waals surface area contributed by atoms with Crippen LogP contribution in [-0.2, 0) is 4.79 Å². The van der Waals surface area contributed by atoms with Crippen LogP contribution in [0.25, 0.3) is 17.1 Å². The molecule has 0 aliphatic heterocycles. The number of amides is 1. The standard InChI is InChI=1S/C18H18ClN5OS/c1-12(2)21-16(25)11-26-18-23-22-17(13-7-9-20-10-8-13)24(18)15-5-3-14(19)4-6-15/h3-10,12H,11H2,1-2H3,(H,21,25). The molecule has 1 N–H and O–H groups in total. The Labute approximate surface area is 161 Å². The predicted octanol–water partition coefficient (Wildman–Crippen LogP) is 3.60. The number of hydrogen-bond acceptors (Lipinski definition) is 5. The second-order valence-electron chi connectivity index (χ2n) is 5.86. The van der Waals surface area contributed by atoms with E-state index in [-0.39, 0.29) is 17.7 Å². The summed E-state index contributed by atoms with van der Waals surface area (Å²) in [6.07, 6.45) is 3.41. The molecule has 0 atom stereocenters. The Balaban J connectivity index is 1.95. The topological polar surface area (TPSA) is 72.7 Å². The highest BCUT2D eigenvalue weighted by Crippen LogP contribution is 2.28. The van der Waals surface area contributed by atoms with Crippen LogP contribution in [0.15, 0.2) is 53.9 Å². The van der Waals surface area contributed by atoms with Gasteiger partial charge in [0, 0.05) is 34.7 Å². The lowest BCUT2D eigenvalue weighted by Crippen LogP contribution is -2.31. The second-order valence-corrected chi connectivity index (χ2v) is 7.24. The van der Waals surface area contributed by atoms with E-state index in [9.17, 15) is 4.79 Å². The Morgan fingerprint density at radius 2 is 1.85 bits per heavy atom. The van der Waals surface area contributed by atoms with Crippen LogP contribution in [0.4, 0.5) is 0 Å². The van der Waals surface area contributed by atoms with Crippen LogP contribution in [0.2, 0.25) is 5.02 Å². The van der Waals surface area contributed by atoms with Gasteiger partial charge in [-0.15, -0.1) is 10.2 Å². The van der Waals surface area contributed by atoms with Gasteiger partial charge in [-0.1, -0.05) is 23.4 Å². The van der Waals surface area contributed by atoms with Crippen LogP contribution >= 0.6 is 23.4 Å². The molecule has 1 amide bonds. The summed E-state index contributed by atoms with van der Waals surface area (Å²) < 4.78 is 1.92. The largest absolute Gasteiger partial charge is 0.353 e. The molecule has 0 saturated carbocycles. The molecule has 2 heterocycles. The lowest BCUT2D eigenvalue weighted by atomic mass is 10.2. The maximum Gasteiger partial charge on any atom is 0.230 e. The molecule has 26 heavy (non-hydrogen) atoms. The molecular formula is C18H18ClN5OS. The molecule has 6 nitrogen and oxygen atoms in total. The van der Waals surface area contributed by atoms with Crippen molar-refractivity contribution in [2.75, 3.05) is 5.75 Å². The number of rotatable bonds is 6. The average molecular weight is 388 g/mol. The van der Waals surface area contributed by atoms with Gasteiger partial charge in [0.25, 0.3) is 0 Å². The van der Waals surface area contributed by atoms with Crippen molar-refractivity contribution < 1.29 is 4.79 Å². The van der Waals surface area contributed by atoms with E-state index in [1.807, 2.05) is 54.8 Å². The molecule has 0 saturated heterocycles. The number of nitrogens with zero attached hydrogens (tertiary/aromatic N) is 4. The molecule has 0 bridgehead atoms. The van der Waals surface area contributed by atoms with Crippen molar-refractivity contribution >= 4 is 29.3 Å². The van der Waals surface area contributed by atoms with E-state index in [1.165, 1.54) is 11.8 Å². The van der Waals surface area contributed by atoms with E-state index in [0.717, 1.165) is 11.3 Å². The van der Waals surface area contributed by atoms with Crippen molar-refractivity contribution in [2.24, 2.45) is 0 Å². The maximum absolute atomic E-state index is 12.0. The molecule has 8 heteroatoms. The Bertz CT molecular complexity index is 880. The van der Waals surface area contributed by atoms with Crippen LogP contribution in [0.5, 0.6) is 0 Å². The van der Waals surface area contributed by atoms with Crippen molar-refractivity contribution in [3.63, 3.8) is 0 Å². The van der Waals surface area contributed by atoms with E-state index in [0.29, 0.717) is 16.0 Å². The van der Waals surface area contributed by atoms with Gasteiger partial charge in [-0.2, -0.15) is 0 Å². The summed E-state index contributed by atoms with van der Waals surface area (Å²) in [4.78, 5) is 16.0. The number of carbonyl (C=O) groups excluding carboxylic acids is 1. The van der Waals surface area contributed by atoms with E-state index >= 15 is 0 Å². The quantitative estimate of drug-likeness (QED) is 0.654. The number of thioether (sulfide) groups is 1. The van der Waals surface area contributed by atoms with Gasteiger partial charge in [-0.3, -0.25) is 14.3 Å². The molecule has 3 rings (SSSR count). The molecule has 1 aromatic carbocycles. The minimum atomic E-state index is -0.0406. The summed E-state index contributed by atoms with van der Waals surface area (Å²) in [6, 6.07) is 11.3. The van der Waals surface area contributed by atoms with Gasteiger partial charge in [-0.25, -0.2) is 0 Å². The number of nitrogens with one attached hydrogen (secondary N) is 1. The number of hydrogen-bond donors (Lipinski definition) is 1. The van der Waals surface area contributed by atoms with Crippen molar-refractivity contribution in [3.8, 4) is 17.1 Å². The van der Waals surface area contributed by atoms with Crippen molar-refractivity contribution in [1.82, 2.24) is 25.1 Å². The summed E-state index contributed by atoms with van der Waals surface area (Å²) in [7, 11) is 0. The molecule has 134 valence electrons. The number of pyridine rings is 1. The molecule has 0 unspecified atom stereocenters. The van der Waals surface area contributed by atoms with Gasteiger partial charge in [-0.05, 0) is 50.2 Å². The number of carbonyl (C=O) groups is 1. The van der Waals surface area contributed by atoms with Gasteiger partial charge in [0.15, 0.2) is 11.0 Å². The lowest BCUT2D eigenvalue weighted by molar-refractivity contribution is -0.119. The van der Waals surface area contributed by atoms with E-state index < -0.39 is 0 Å². The van der Waals surface area contributed by atoms with Crippen molar-refractivity contribution in [2.45, 2.75) is 25.0 Å². The summed E-state index contributed by atoms with van der Waals surface area (Å²) >= 11 is 7.35. The van der Waals surface area contributed by atoms with Crippen LogP contribution in [0.1, 0.15) is 13.8 Å². The average Bonchev–Trinajstić information content (AvgIpc) is 3.05. The molecular weight excluding hydrogens is 370 g/mol. The van der Waals surface area contributed by atoms with Crippen LogP contribution < -0.4 is 5.32 Å². The van der Waals surface area contributed by atoms with E-state index in [4.69, 9.17) is 11.6 Å². The highest BCUT2D eigenvalue weighted by Gasteiger charge is 2.17. The summed E-state index contributed by atoms with van der Waals surface area (Å²) in [5.74, 6) is 0.905. The van der Waals surface area contributed by atoms with Crippen LogP contribution in [0.3, 0.4) is 0 Å². The highest BCUT2D eigenvalue weighted by molar-refractivity contribution is 7.99. The zero-order chi connectivity index (χ0) is 18.5. The van der Waals surface area contributed by atoms with E-state index in [2.05, 4.69) is 20.5 Å². The van der Waals surface area contributed by atoms with Gasteiger partial charge in [0.05, 0.1) is 5.75 Å². The Morgan fingerprint density at radius 1 is 1.15 bits per heavy atom. The fourth-order valence-electron chi connectivity index (χ4n) is 2.37. The number of aromatic nitrogens is 4. The SMILES string of the molecule is CC(C)NC(=O)CSc1nnc(-c2ccncc2)n1-c1ccc(Cl)cc1. The molecule has 0 radical (unpaired) electrons. The predicted molar refractivity (Wildman–Crippen MR) is 104 cm³/mol. The van der Waals surface area contributed by atoms with Crippen LogP contribution in [-0.4, -0.2) is 37.5 Å². The minimum Gasteiger partial charge on any atom is -0.353 e. The summed E-state index contributed by atoms with van der Waals surface area (Å²) in [5, 5.41) is 12.8. The summed E-state index contributed by atoms with van der Waals surface area (Å²) in [5.41, 5.74) is 1.76. The van der Waals surface area contributed by atoms with E-state index in [1.54, 1.807) is 12.4 Å². The Hall–Kier alpha value is -2.38. The molecule has 0 aliphatic carbocycles. The van der Waals surface area contributed by atoms with Gasteiger partial charge >= 0.3 is 0 Å². The lowest BCUT2D eigenvalue weighted by Gasteiger charge is -2.11. The monoisotopic (exact) mass is 387 g/mol. The zero-order valence-electron chi connectivity index (χ0n) is 14.4. The van der Waals surface area contributed by atoms with Crippen molar-refractivity contribution in [3.05, 3.63) is 53.8 Å². The molecule has 3 aromatic rings. The van der Waals surface area contributed by atoms with Gasteiger partial charge < -0.3 is 5.32 Å². The first-order chi connectivity index (χ1) is 12.5.